The van der Waals surface area contributed by atoms with Gasteiger partial charge in [0, 0.05) is 11.1 Å². The van der Waals surface area contributed by atoms with E-state index in [0.717, 1.165) is 30.9 Å². The van der Waals surface area contributed by atoms with Crippen molar-refractivity contribution in [3.05, 3.63) is 34.6 Å². The lowest BCUT2D eigenvalue weighted by Crippen LogP contribution is -2.38. The van der Waals surface area contributed by atoms with Crippen LogP contribution in [-0.4, -0.2) is 12.6 Å². The lowest BCUT2D eigenvalue weighted by Gasteiger charge is -2.25. The molecule has 0 radical (unpaired) electrons. The van der Waals surface area contributed by atoms with E-state index in [-0.39, 0.29) is 5.82 Å². The summed E-state index contributed by atoms with van der Waals surface area (Å²) >= 11 is 5.85. The lowest BCUT2D eigenvalue weighted by atomic mass is 9.90. The maximum absolute atomic E-state index is 14.1. The van der Waals surface area contributed by atoms with Crippen molar-refractivity contribution in [3.63, 3.8) is 0 Å². The Kier molecular flexibility index (Phi) is 6.50. The van der Waals surface area contributed by atoms with Gasteiger partial charge in [0.25, 0.3) is 0 Å². The first-order valence-electron chi connectivity index (χ1n) is 8.31. The zero-order valence-electron chi connectivity index (χ0n) is 13.2. The Hall–Kier alpha value is -0.600. The molecular formula is C18H27ClFN. The van der Waals surface area contributed by atoms with E-state index >= 15 is 0 Å². The third-order valence-electron chi connectivity index (χ3n) is 4.84. The number of rotatable bonds is 7. The summed E-state index contributed by atoms with van der Waals surface area (Å²) in [7, 11) is 0. The number of nitrogens with one attached hydrogen (secondary N) is 1. The fourth-order valence-corrected chi connectivity index (χ4v) is 3.67. The molecule has 1 N–H and O–H groups in total. The summed E-state index contributed by atoms with van der Waals surface area (Å²) in [6.45, 7) is 5.46. The van der Waals surface area contributed by atoms with Gasteiger partial charge < -0.3 is 5.32 Å². The first-order chi connectivity index (χ1) is 10.1. The van der Waals surface area contributed by atoms with Gasteiger partial charge in [-0.3, -0.25) is 0 Å². The second-order valence-corrected chi connectivity index (χ2v) is 6.78. The summed E-state index contributed by atoms with van der Waals surface area (Å²) in [6.07, 6.45) is 7.04. The van der Waals surface area contributed by atoms with Crippen LogP contribution in [0.15, 0.2) is 18.2 Å². The minimum Gasteiger partial charge on any atom is -0.313 e. The van der Waals surface area contributed by atoms with Gasteiger partial charge >= 0.3 is 0 Å². The van der Waals surface area contributed by atoms with Gasteiger partial charge in [0.05, 0.1) is 0 Å². The molecule has 3 unspecified atom stereocenters. The Morgan fingerprint density at radius 2 is 2.14 bits per heavy atom. The van der Waals surface area contributed by atoms with Crippen molar-refractivity contribution in [3.8, 4) is 0 Å². The molecule has 0 heterocycles. The van der Waals surface area contributed by atoms with Crippen molar-refractivity contribution in [2.24, 2.45) is 11.8 Å². The molecule has 118 valence electrons. The standard InChI is InChI=1S/C18H27ClFN/c1-3-9-21-18(15-6-5-13(4-2)10-15)11-14-7-8-16(19)12-17(14)20/h7-8,12-13,15,18,21H,3-6,9-11H2,1-2H3. The predicted octanol–water partition coefficient (Wildman–Crippen LogP) is 5.22. The molecule has 1 nitrogen and oxygen atoms in total. The number of hydrogen-bond acceptors (Lipinski definition) is 1. The van der Waals surface area contributed by atoms with E-state index in [0.29, 0.717) is 17.0 Å². The molecule has 1 aliphatic rings. The predicted molar refractivity (Wildman–Crippen MR) is 88.3 cm³/mol. The summed E-state index contributed by atoms with van der Waals surface area (Å²) in [5.74, 6) is 1.36. The summed E-state index contributed by atoms with van der Waals surface area (Å²) in [4.78, 5) is 0. The monoisotopic (exact) mass is 311 g/mol. The molecular weight excluding hydrogens is 285 g/mol. The van der Waals surface area contributed by atoms with Crippen LogP contribution in [0, 0.1) is 17.7 Å². The molecule has 2 rings (SSSR count). The van der Waals surface area contributed by atoms with E-state index < -0.39 is 0 Å². The van der Waals surface area contributed by atoms with Crippen LogP contribution in [0.25, 0.3) is 0 Å². The maximum atomic E-state index is 14.1. The smallest absolute Gasteiger partial charge is 0.127 e. The van der Waals surface area contributed by atoms with Crippen molar-refractivity contribution < 1.29 is 4.39 Å². The molecule has 1 aromatic rings. The van der Waals surface area contributed by atoms with Crippen LogP contribution in [0.5, 0.6) is 0 Å². The van der Waals surface area contributed by atoms with E-state index in [9.17, 15) is 4.39 Å². The summed E-state index contributed by atoms with van der Waals surface area (Å²) in [6, 6.07) is 5.44. The molecule has 0 amide bonds. The first kappa shape index (κ1) is 16.8. The summed E-state index contributed by atoms with van der Waals surface area (Å²) in [5.41, 5.74) is 0.785. The molecule has 3 atom stereocenters. The number of benzene rings is 1. The highest BCUT2D eigenvalue weighted by atomic mass is 35.5. The summed E-state index contributed by atoms with van der Waals surface area (Å²) in [5, 5.41) is 4.12. The van der Waals surface area contributed by atoms with E-state index in [1.165, 1.54) is 31.7 Å². The minimum absolute atomic E-state index is 0.171. The Morgan fingerprint density at radius 3 is 2.76 bits per heavy atom. The molecule has 0 aromatic heterocycles. The molecule has 1 aromatic carbocycles. The second kappa shape index (κ2) is 8.14. The Balaban J connectivity index is 2.05. The van der Waals surface area contributed by atoms with Crippen LogP contribution in [0.2, 0.25) is 5.02 Å². The lowest BCUT2D eigenvalue weighted by molar-refractivity contribution is 0.341. The molecule has 21 heavy (non-hydrogen) atoms. The maximum Gasteiger partial charge on any atom is 0.127 e. The second-order valence-electron chi connectivity index (χ2n) is 6.35. The molecule has 3 heteroatoms. The van der Waals surface area contributed by atoms with Crippen LogP contribution in [0.1, 0.15) is 51.5 Å². The average molecular weight is 312 g/mol. The van der Waals surface area contributed by atoms with Crippen LogP contribution in [0.3, 0.4) is 0 Å². The van der Waals surface area contributed by atoms with Gasteiger partial charge in [0.2, 0.25) is 0 Å². The zero-order chi connectivity index (χ0) is 15.2. The Bertz CT molecular complexity index is 449. The van der Waals surface area contributed by atoms with E-state index in [2.05, 4.69) is 19.2 Å². The highest BCUT2D eigenvalue weighted by molar-refractivity contribution is 6.30. The topological polar surface area (TPSA) is 12.0 Å². The molecule has 0 saturated heterocycles. The summed E-state index contributed by atoms with van der Waals surface area (Å²) < 4.78 is 14.1. The molecule has 1 saturated carbocycles. The van der Waals surface area contributed by atoms with Crippen LogP contribution in [-0.2, 0) is 6.42 Å². The van der Waals surface area contributed by atoms with Gasteiger partial charge in [0.1, 0.15) is 5.82 Å². The number of hydrogen-bond donors (Lipinski definition) is 1. The van der Waals surface area contributed by atoms with E-state index in [4.69, 9.17) is 11.6 Å². The van der Waals surface area contributed by atoms with Gasteiger partial charge in [-0.2, -0.15) is 0 Å². The van der Waals surface area contributed by atoms with Gasteiger partial charge in [0.15, 0.2) is 0 Å². The van der Waals surface area contributed by atoms with Gasteiger partial charge in [-0.15, -0.1) is 0 Å². The highest BCUT2D eigenvalue weighted by Gasteiger charge is 2.30. The van der Waals surface area contributed by atoms with Crippen molar-refractivity contribution >= 4 is 11.6 Å². The fraction of sp³-hybridized carbons (Fsp3) is 0.667. The van der Waals surface area contributed by atoms with Crippen molar-refractivity contribution in [1.82, 2.24) is 5.32 Å². The number of halogens is 2. The van der Waals surface area contributed by atoms with Gasteiger partial charge in [-0.25, -0.2) is 4.39 Å². The van der Waals surface area contributed by atoms with Crippen LogP contribution >= 0.6 is 11.6 Å². The molecule has 0 aliphatic heterocycles. The largest absolute Gasteiger partial charge is 0.313 e. The van der Waals surface area contributed by atoms with Gasteiger partial charge in [-0.1, -0.05) is 44.4 Å². The van der Waals surface area contributed by atoms with Crippen molar-refractivity contribution in [2.75, 3.05) is 6.54 Å². The third-order valence-corrected chi connectivity index (χ3v) is 5.07. The van der Waals surface area contributed by atoms with Crippen molar-refractivity contribution in [1.29, 1.82) is 0 Å². The van der Waals surface area contributed by atoms with Crippen LogP contribution in [0.4, 0.5) is 4.39 Å². The first-order valence-corrected chi connectivity index (χ1v) is 8.69. The average Bonchev–Trinajstić information content (AvgIpc) is 2.94. The third kappa shape index (κ3) is 4.69. The Labute approximate surface area is 133 Å². The van der Waals surface area contributed by atoms with Gasteiger partial charge in [-0.05, 0) is 61.8 Å². The molecule has 0 bridgehead atoms. The normalized spacial score (nSPS) is 23.4. The van der Waals surface area contributed by atoms with E-state index in [1.807, 2.05) is 6.07 Å². The van der Waals surface area contributed by atoms with E-state index in [1.54, 1.807) is 6.07 Å². The zero-order valence-corrected chi connectivity index (χ0v) is 13.9. The molecule has 0 spiro atoms. The highest BCUT2D eigenvalue weighted by Crippen LogP contribution is 2.36. The minimum atomic E-state index is -0.171. The quantitative estimate of drug-likeness (QED) is 0.728. The molecule has 1 aliphatic carbocycles. The van der Waals surface area contributed by atoms with Crippen LogP contribution < -0.4 is 5.32 Å². The fourth-order valence-electron chi connectivity index (χ4n) is 3.51. The Morgan fingerprint density at radius 1 is 1.33 bits per heavy atom. The SMILES string of the molecule is CCCNC(Cc1ccc(Cl)cc1F)C1CCC(CC)C1. The van der Waals surface area contributed by atoms with Crippen molar-refractivity contribution in [2.45, 2.75) is 58.4 Å². The molecule has 1 fully saturated rings.